The zero-order valence-corrected chi connectivity index (χ0v) is 15.4. The average Bonchev–Trinajstić information content (AvgIpc) is 3.09. The topological polar surface area (TPSA) is 62.9 Å². The zero-order valence-electron chi connectivity index (χ0n) is 15.4. The van der Waals surface area contributed by atoms with Crippen molar-refractivity contribution in [1.29, 1.82) is 5.26 Å². The summed E-state index contributed by atoms with van der Waals surface area (Å²) in [5.41, 5.74) is 3.71. The highest BCUT2D eigenvalue weighted by molar-refractivity contribution is 5.67. The molecule has 3 aromatic rings. The van der Waals surface area contributed by atoms with Crippen molar-refractivity contribution < 1.29 is 14.2 Å². The number of hydrogen-bond acceptors (Lipinski definition) is 3. The first kappa shape index (κ1) is 17.6. The van der Waals surface area contributed by atoms with Gasteiger partial charge in [-0.25, -0.2) is 13.9 Å². The first-order valence-electron chi connectivity index (χ1n) is 9.32. The predicted octanol–water partition coefficient (Wildman–Crippen LogP) is -0.637. The number of aromatic nitrogens is 3. The molecule has 0 aliphatic carbocycles. The van der Waals surface area contributed by atoms with E-state index in [1.165, 1.54) is 44.5 Å². The molecule has 1 fully saturated rings. The van der Waals surface area contributed by atoms with Crippen molar-refractivity contribution in [2.24, 2.45) is 0 Å². The van der Waals surface area contributed by atoms with Crippen molar-refractivity contribution in [3.05, 3.63) is 53.6 Å². The van der Waals surface area contributed by atoms with E-state index in [1.807, 2.05) is 6.20 Å². The van der Waals surface area contributed by atoms with E-state index in [0.29, 0.717) is 11.2 Å². The van der Waals surface area contributed by atoms with Crippen LogP contribution in [-0.4, -0.2) is 54.4 Å². The van der Waals surface area contributed by atoms with Gasteiger partial charge in [-0.3, -0.25) is 0 Å². The minimum Gasteiger partial charge on any atom is -0.328 e. The van der Waals surface area contributed by atoms with Crippen molar-refractivity contribution in [3.63, 3.8) is 0 Å². The normalized spacial score (nSPS) is 19.9. The van der Waals surface area contributed by atoms with Gasteiger partial charge in [0, 0.05) is 23.7 Å². The van der Waals surface area contributed by atoms with Crippen LogP contribution in [0.3, 0.4) is 0 Å². The number of quaternary nitrogens is 2. The highest BCUT2D eigenvalue weighted by Gasteiger charge is 2.21. The van der Waals surface area contributed by atoms with Gasteiger partial charge < -0.3 is 9.80 Å². The highest BCUT2D eigenvalue weighted by Crippen LogP contribution is 2.24. The molecule has 0 unspecified atom stereocenters. The van der Waals surface area contributed by atoms with Gasteiger partial charge in [-0.2, -0.15) is 10.4 Å². The van der Waals surface area contributed by atoms with Crippen molar-refractivity contribution in [1.82, 2.24) is 14.6 Å². The quantitative estimate of drug-likeness (QED) is 0.646. The van der Waals surface area contributed by atoms with E-state index in [4.69, 9.17) is 4.98 Å². The Kier molecular flexibility index (Phi) is 4.84. The third-order valence-corrected chi connectivity index (χ3v) is 5.37. The van der Waals surface area contributed by atoms with Gasteiger partial charge in [-0.1, -0.05) is 0 Å². The molecule has 0 bridgehead atoms. The number of nitrogens with zero attached hydrogens (tertiary/aromatic N) is 4. The lowest BCUT2D eigenvalue weighted by Crippen LogP contribution is -3.27. The van der Waals surface area contributed by atoms with E-state index >= 15 is 0 Å². The summed E-state index contributed by atoms with van der Waals surface area (Å²) < 4.78 is 15.0. The second-order valence-electron chi connectivity index (χ2n) is 7.27. The number of benzene rings is 1. The molecule has 1 aliphatic heterocycles. The van der Waals surface area contributed by atoms with Crippen LogP contribution < -0.4 is 9.80 Å². The van der Waals surface area contributed by atoms with E-state index in [2.05, 4.69) is 18.2 Å². The number of nitriles is 1. The number of hydrogen-bond donors (Lipinski definition) is 2. The number of piperazine rings is 1. The Morgan fingerprint density at radius 2 is 1.93 bits per heavy atom. The van der Waals surface area contributed by atoms with Gasteiger partial charge in [0.05, 0.1) is 25.5 Å². The second-order valence-corrected chi connectivity index (χ2v) is 7.27. The van der Waals surface area contributed by atoms with Crippen molar-refractivity contribution in [2.45, 2.75) is 6.42 Å². The first-order chi connectivity index (χ1) is 13.1. The molecule has 27 heavy (non-hydrogen) atoms. The molecule has 4 rings (SSSR count). The summed E-state index contributed by atoms with van der Waals surface area (Å²) in [4.78, 5) is 7.92. The van der Waals surface area contributed by atoms with Gasteiger partial charge in [0.25, 0.3) is 0 Å². The van der Waals surface area contributed by atoms with Crippen molar-refractivity contribution in [2.75, 3.05) is 39.8 Å². The number of fused-ring (bicyclic) bond motifs is 1. The van der Waals surface area contributed by atoms with E-state index in [9.17, 15) is 9.65 Å². The Hall–Kier alpha value is -2.82. The molecule has 6 nitrogen and oxygen atoms in total. The molecular weight excluding hydrogens is 343 g/mol. The lowest BCUT2D eigenvalue weighted by atomic mass is 10.0. The molecule has 3 heterocycles. The molecule has 0 atom stereocenters. The largest absolute Gasteiger partial charge is 0.328 e. The van der Waals surface area contributed by atoms with Crippen LogP contribution in [0.2, 0.25) is 0 Å². The zero-order chi connectivity index (χ0) is 18.8. The number of likely N-dealkylation sites (N-methyl/N-ethyl adjacent to an activating group) is 1. The molecule has 2 aromatic heterocycles. The van der Waals surface area contributed by atoms with E-state index in [-0.39, 0.29) is 5.82 Å². The van der Waals surface area contributed by atoms with E-state index in [1.54, 1.807) is 26.4 Å². The Labute approximate surface area is 157 Å². The Balaban J connectivity index is 1.68. The minimum atomic E-state index is -0.271. The standard InChI is InChI=1S/C20H21FN6/c1-25-8-10-26(11-9-25)7-6-16-14-27-20(17(12-22)13-23-27)24-19(16)15-2-4-18(21)5-3-15/h2-5,13-14H,6-11H2,1H3/p+2. The van der Waals surface area contributed by atoms with Crippen LogP contribution in [0.5, 0.6) is 0 Å². The molecule has 7 heteroatoms. The monoisotopic (exact) mass is 366 g/mol. The summed E-state index contributed by atoms with van der Waals surface area (Å²) in [7, 11) is 2.24. The Morgan fingerprint density at radius 3 is 2.63 bits per heavy atom. The lowest BCUT2D eigenvalue weighted by Gasteiger charge is -2.27. The van der Waals surface area contributed by atoms with Crippen molar-refractivity contribution in [3.8, 4) is 17.3 Å². The lowest BCUT2D eigenvalue weighted by molar-refractivity contribution is -1.00. The molecule has 2 N–H and O–H groups in total. The maximum Gasteiger partial charge on any atom is 0.173 e. The van der Waals surface area contributed by atoms with Gasteiger partial charge in [-0.15, -0.1) is 0 Å². The summed E-state index contributed by atoms with van der Waals surface area (Å²) in [6.07, 6.45) is 4.36. The smallest absolute Gasteiger partial charge is 0.173 e. The number of nitrogens with one attached hydrogen (secondary N) is 2. The predicted molar refractivity (Wildman–Crippen MR) is 99.0 cm³/mol. The molecule has 0 radical (unpaired) electrons. The van der Waals surface area contributed by atoms with Crippen LogP contribution in [0.25, 0.3) is 16.9 Å². The molecule has 0 amide bonds. The summed E-state index contributed by atoms with van der Waals surface area (Å²) in [6.45, 7) is 5.77. The van der Waals surface area contributed by atoms with Crippen LogP contribution in [0.1, 0.15) is 11.1 Å². The summed E-state index contributed by atoms with van der Waals surface area (Å²) >= 11 is 0. The molecule has 1 aliphatic rings. The maximum absolute atomic E-state index is 13.4. The molecule has 1 saturated heterocycles. The molecule has 1 aromatic carbocycles. The summed E-state index contributed by atoms with van der Waals surface area (Å²) in [5, 5.41) is 13.6. The van der Waals surface area contributed by atoms with Crippen LogP contribution >= 0.6 is 0 Å². The van der Waals surface area contributed by atoms with E-state index < -0.39 is 0 Å². The SMILES string of the molecule is C[NH+]1CC[NH+](CCc2cn3ncc(C#N)c3nc2-c2ccc(F)cc2)CC1. The van der Waals surface area contributed by atoms with Crippen LogP contribution in [0.4, 0.5) is 4.39 Å². The molecular formula is C20H23FN6+2. The molecule has 138 valence electrons. The van der Waals surface area contributed by atoms with Gasteiger partial charge in [0.2, 0.25) is 0 Å². The third kappa shape index (κ3) is 3.68. The van der Waals surface area contributed by atoms with Crippen LogP contribution in [-0.2, 0) is 6.42 Å². The average molecular weight is 366 g/mol. The van der Waals surface area contributed by atoms with Gasteiger partial charge in [-0.05, 0) is 24.3 Å². The third-order valence-electron chi connectivity index (χ3n) is 5.37. The van der Waals surface area contributed by atoms with Gasteiger partial charge in [0.15, 0.2) is 5.65 Å². The fraction of sp³-hybridized carbons (Fsp3) is 0.350. The Bertz CT molecular complexity index is 980. The fourth-order valence-electron chi connectivity index (χ4n) is 3.66. The van der Waals surface area contributed by atoms with Crippen LogP contribution in [0, 0.1) is 17.1 Å². The highest BCUT2D eigenvalue weighted by atomic mass is 19.1. The fourth-order valence-corrected chi connectivity index (χ4v) is 3.66. The summed E-state index contributed by atoms with van der Waals surface area (Å²) in [5.74, 6) is -0.271. The number of rotatable bonds is 4. The second kappa shape index (κ2) is 7.43. The van der Waals surface area contributed by atoms with Gasteiger partial charge >= 0.3 is 0 Å². The number of halogens is 1. The van der Waals surface area contributed by atoms with Gasteiger partial charge in [0.1, 0.15) is 43.6 Å². The van der Waals surface area contributed by atoms with E-state index in [0.717, 1.165) is 29.8 Å². The molecule has 0 spiro atoms. The summed E-state index contributed by atoms with van der Waals surface area (Å²) in [6, 6.07) is 8.51. The maximum atomic E-state index is 13.4. The molecule has 0 saturated carbocycles. The minimum absolute atomic E-state index is 0.271. The first-order valence-corrected chi connectivity index (χ1v) is 9.32. The van der Waals surface area contributed by atoms with Crippen molar-refractivity contribution >= 4 is 5.65 Å². The van der Waals surface area contributed by atoms with Crippen LogP contribution in [0.15, 0.2) is 36.7 Å². The Morgan fingerprint density at radius 1 is 1.19 bits per heavy atom.